The third kappa shape index (κ3) is 3.40. The molecule has 118 valence electrons. The Morgan fingerprint density at radius 2 is 2.00 bits per heavy atom. The Balaban J connectivity index is 1.45. The lowest BCUT2D eigenvalue weighted by Crippen LogP contribution is -2.31. The van der Waals surface area contributed by atoms with Crippen molar-refractivity contribution in [2.24, 2.45) is 0 Å². The van der Waals surface area contributed by atoms with Crippen LogP contribution in [-0.2, 0) is 6.54 Å². The maximum absolute atomic E-state index is 3.74. The van der Waals surface area contributed by atoms with Gasteiger partial charge in [-0.1, -0.05) is 60.2 Å². The highest BCUT2D eigenvalue weighted by atomic mass is 14.9. The largest absolute Gasteiger partial charge is 0.309 e. The van der Waals surface area contributed by atoms with Gasteiger partial charge in [0.25, 0.3) is 0 Å². The van der Waals surface area contributed by atoms with E-state index in [4.69, 9.17) is 0 Å². The molecule has 1 heteroatoms. The molecular weight excluding hydrogens is 278 g/mol. The van der Waals surface area contributed by atoms with Gasteiger partial charge in [0.05, 0.1) is 0 Å². The number of benzene rings is 1. The van der Waals surface area contributed by atoms with Gasteiger partial charge in [-0.3, -0.25) is 0 Å². The molecule has 1 unspecified atom stereocenters. The van der Waals surface area contributed by atoms with Gasteiger partial charge >= 0.3 is 0 Å². The fourth-order valence-electron chi connectivity index (χ4n) is 3.91. The maximum Gasteiger partial charge on any atom is 0.0208 e. The second-order valence-electron chi connectivity index (χ2n) is 6.93. The van der Waals surface area contributed by atoms with Crippen molar-refractivity contribution in [1.82, 2.24) is 5.32 Å². The molecule has 0 saturated carbocycles. The van der Waals surface area contributed by atoms with Gasteiger partial charge < -0.3 is 5.32 Å². The molecule has 0 amide bonds. The average Bonchev–Trinajstić information content (AvgIpc) is 2.83. The third-order valence-electron chi connectivity index (χ3n) is 5.25. The average molecular weight is 303 g/mol. The van der Waals surface area contributed by atoms with Crippen molar-refractivity contribution in [3.05, 3.63) is 82.5 Å². The maximum atomic E-state index is 3.74. The predicted octanol–water partition coefficient (Wildman–Crippen LogP) is 5.23. The molecule has 3 aliphatic carbocycles. The standard InChI is InChI=1S/C22H25N/c1-3-7-17(8-4-1)16-23-22-12-11-20-13-18-9-5-2-6-10-19(18)14-21(20)15-22/h1,3-4,6-8,10-11,14,22-23H,2,5,9,12-13,15-16H2. The van der Waals surface area contributed by atoms with Crippen molar-refractivity contribution in [2.45, 2.75) is 51.1 Å². The summed E-state index contributed by atoms with van der Waals surface area (Å²) in [4.78, 5) is 0. The smallest absolute Gasteiger partial charge is 0.0208 e. The molecule has 1 nitrogen and oxygen atoms in total. The quantitative estimate of drug-likeness (QED) is 0.806. The Labute approximate surface area is 139 Å². The SMILES string of the molecule is C1=CC2=C(CCC1)CC1=CCC(NCc3ccccc3)CC1=C2. The second-order valence-corrected chi connectivity index (χ2v) is 6.93. The van der Waals surface area contributed by atoms with Gasteiger partial charge in [-0.2, -0.15) is 0 Å². The zero-order valence-electron chi connectivity index (χ0n) is 13.7. The van der Waals surface area contributed by atoms with E-state index >= 15 is 0 Å². The van der Waals surface area contributed by atoms with E-state index in [1.807, 2.05) is 0 Å². The minimum absolute atomic E-state index is 0.571. The van der Waals surface area contributed by atoms with Crippen LogP contribution in [0.3, 0.4) is 0 Å². The predicted molar refractivity (Wildman–Crippen MR) is 97.1 cm³/mol. The van der Waals surface area contributed by atoms with Gasteiger partial charge in [0.15, 0.2) is 0 Å². The van der Waals surface area contributed by atoms with E-state index in [0.29, 0.717) is 6.04 Å². The first-order valence-electron chi connectivity index (χ1n) is 8.94. The molecule has 23 heavy (non-hydrogen) atoms. The molecule has 1 atom stereocenters. The van der Waals surface area contributed by atoms with E-state index in [9.17, 15) is 0 Å². The highest BCUT2D eigenvalue weighted by molar-refractivity contribution is 5.52. The van der Waals surface area contributed by atoms with E-state index in [1.54, 1.807) is 16.7 Å². The highest BCUT2D eigenvalue weighted by Gasteiger charge is 2.23. The Hall–Kier alpha value is -1.86. The highest BCUT2D eigenvalue weighted by Crippen LogP contribution is 2.38. The van der Waals surface area contributed by atoms with Crippen LogP contribution >= 0.6 is 0 Å². The number of allylic oxidation sites excluding steroid dienone is 6. The normalized spacial score (nSPS) is 23.6. The summed E-state index contributed by atoms with van der Waals surface area (Å²) in [7, 11) is 0. The van der Waals surface area contributed by atoms with Gasteiger partial charge in [-0.15, -0.1) is 0 Å². The summed E-state index contributed by atoms with van der Waals surface area (Å²) in [5, 5.41) is 3.74. The van der Waals surface area contributed by atoms with Gasteiger partial charge in [-0.05, 0) is 60.8 Å². The fourth-order valence-corrected chi connectivity index (χ4v) is 3.91. The molecule has 1 aromatic rings. The lowest BCUT2D eigenvalue weighted by Gasteiger charge is -2.29. The first-order valence-corrected chi connectivity index (χ1v) is 8.94. The van der Waals surface area contributed by atoms with Crippen LogP contribution in [0.2, 0.25) is 0 Å². The van der Waals surface area contributed by atoms with E-state index < -0.39 is 0 Å². The summed E-state index contributed by atoms with van der Waals surface area (Å²) in [6, 6.07) is 11.3. The number of hydrogen-bond acceptors (Lipinski definition) is 1. The van der Waals surface area contributed by atoms with Gasteiger partial charge in [0, 0.05) is 12.6 Å². The molecule has 0 aromatic heterocycles. The van der Waals surface area contributed by atoms with Crippen LogP contribution in [0.4, 0.5) is 0 Å². The minimum atomic E-state index is 0.571. The van der Waals surface area contributed by atoms with Crippen LogP contribution in [0.25, 0.3) is 0 Å². The molecule has 0 saturated heterocycles. The molecule has 1 aromatic carbocycles. The van der Waals surface area contributed by atoms with Crippen molar-refractivity contribution < 1.29 is 0 Å². The fraction of sp³-hybridized carbons (Fsp3) is 0.364. The van der Waals surface area contributed by atoms with Crippen molar-refractivity contribution in [2.75, 3.05) is 0 Å². The number of fused-ring (bicyclic) bond motifs is 1. The Kier molecular flexibility index (Phi) is 4.30. The van der Waals surface area contributed by atoms with Crippen LogP contribution in [0, 0.1) is 0 Å². The lowest BCUT2D eigenvalue weighted by molar-refractivity contribution is 0.498. The van der Waals surface area contributed by atoms with Crippen LogP contribution in [0.1, 0.15) is 44.1 Å². The topological polar surface area (TPSA) is 12.0 Å². The molecule has 0 fully saturated rings. The van der Waals surface area contributed by atoms with E-state index in [-0.39, 0.29) is 0 Å². The number of rotatable bonds is 3. The zero-order chi connectivity index (χ0) is 15.5. The Morgan fingerprint density at radius 1 is 1.09 bits per heavy atom. The lowest BCUT2D eigenvalue weighted by atomic mass is 9.80. The molecule has 0 aliphatic heterocycles. The molecule has 0 heterocycles. The van der Waals surface area contributed by atoms with E-state index in [1.165, 1.54) is 43.2 Å². The number of hydrogen-bond donors (Lipinski definition) is 1. The van der Waals surface area contributed by atoms with Crippen molar-refractivity contribution >= 4 is 0 Å². The molecular formula is C22H25N. The number of nitrogens with one attached hydrogen (secondary N) is 1. The minimum Gasteiger partial charge on any atom is -0.309 e. The third-order valence-corrected chi connectivity index (χ3v) is 5.25. The van der Waals surface area contributed by atoms with Crippen LogP contribution in [0.15, 0.2) is 76.9 Å². The Bertz CT molecular complexity index is 688. The van der Waals surface area contributed by atoms with Crippen LogP contribution in [-0.4, -0.2) is 6.04 Å². The summed E-state index contributed by atoms with van der Waals surface area (Å²) < 4.78 is 0. The van der Waals surface area contributed by atoms with Crippen molar-refractivity contribution in [3.63, 3.8) is 0 Å². The molecule has 0 radical (unpaired) electrons. The second kappa shape index (κ2) is 6.72. The van der Waals surface area contributed by atoms with Crippen molar-refractivity contribution in [1.29, 1.82) is 0 Å². The van der Waals surface area contributed by atoms with E-state index in [2.05, 4.69) is 60.0 Å². The molecule has 0 spiro atoms. The van der Waals surface area contributed by atoms with E-state index in [0.717, 1.165) is 13.0 Å². The van der Waals surface area contributed by atoms with Gasteiger partial charge in [-0.25, -0.2) is 0 Å². The van der Waals surface area contributed by atoms with Crippen LogP contribution < -0.4 is 5.32 Å². The summed E-state index contributed by atoms with van der Waals surface area (Å²) >= 11 is 0. The summed E-state index contributed by atoms with van der Waals surface area (Å²) in [6.07, 6.45) is 17.0. The van der Waals surface area contributed by atoms with Gasteiger partial charge in [0.2, 0.25) is 0 Å². The molecule has 3 aliphatic rings. The van der Waals surface area contributed by atoms with Crippen molar-refractivity contribution in [3.8, 4) is 0 Å². The first kappa shape index (κ1) is 14.7. The monoisotopic (exact) mass is 303 g/mol. The van der Waals surface area contributed by atoms with Crippen LogP contribution in [0.5, 0.6) is 0 Å². The first-order chi connectivity index (χ1) is 11.4. The molecule has 4 rings (SSSR count). The Morgan fingerprint density at radius 3 is 2.91 bits per heavy atom. The zero-order valence-corrected chi connectivity index (χ0v) is 13.7. The molecule has 0 bridgehead atoms. The summed E-state index contributed by atoms with van der Waals surface area (Å²) in [5.41, 5.74) is 7.68. The molecule has 1 N–H and O–H groups in total. The summed E-state index contributed by atoms with van der Waals surface area (Å²) in [5.74, 6) is 0. The van der Waals surface area contributed by atoms with Gasteiger partial charge in [0.1, 0.15) is 0 Å². The summed E-state index contributed by atoms with van der Waals surface area (Å²) in [6.45, 7) is 0.968.